The number of imidazole rings is 1. The number of benzene rings is 2. The van der Waals surface area contributed by atoms with E-state index in [1.807, 2.05) is 60.2 Å². The highest BCUT2D eigenvalue weighted by molar-refractivity contribution is 7.95. The van der Waals surface area contributed by atoms with E-state index in [0.717, 1.165) is 28.1 Å². The standard InChI is InChI=1S/C22H22N2O3S/c1-16-14-24(15-23-16)21-8-7-17(11-22(21)27-2)9-10-28(25,26)20-12-18-5-3-4-6-19(18)13-20/h3-8,11-12,14-15H,9-10,13H2,1-2H3. The molecule has 3 aromatic rings. The second kappa shape index (κ2) is 7.28. The Hall–Kier alpha value is -2.86. The zero-order chi connectivity index (χ0) is 19.7. The number of fused-ring (bicyclic) bond motifs is 1. The fourth-order valence-electron chi connectivity index (χ4n) is 3.48. The number of allylic oxidation sites excluding steroid dienone is 1. The number of hydrogen-bond acceptors (Lipinski definition) is 4. The maximum absolute atomic E-state index is 12.8. The topological polar surface area (TPSA) is 61.2 Å². The van der Waals surface area contributed by atoms with Crippen molar-refractivity contribution in [2.24, 2.45) is 0 Å². The van der Waals surface area contributed by atoms with Crippen molar-refractivity contribution in [2.75, 3.05) is 12.9 Å². The summed E-state index contributed by atoms with van der Waals surface area (Å²) in [6.07, 6.45) is 6.39. The van der Waals surface area contributed by atoms with Gasteiger partial charge in [0.25, 0.3) is 0 Å². The predicted octanol–water partition coefficient (Wildman–Crippen LogP) is 3.74. The summed E-state index contributed by atoms with van der Waals surface area (Å²) in [5, 5.41) is 0. The molecule has 0 radical (unpaired) electrons. The van der Waals surface area contributed by atoms with Crippen molar-refractivity contribution in [1.29, 1.82) is 0 Å². The average molecular weight is 394 g/mol. The van der Waals surface area contributed by atoms with Gasteiger partial charge >= 0.3 is 0 Å². The molecule has 0 saturated carbocycles. The molecule has 0 N–H and O–H groups in total. The summed E-state index contributed by atoms with van der Waals surface area (Å²) in [6, 6.07) is 13.6. The third kappa shape index (κ3) is 3.60. The van der Waals surface area contributed by atoms with E-state index in [-0.39, 0.29) is 5.75 Å². The Kier molecular flexibility index (Phi) is 4.81. The van der Waals surface area contributed by atoms with E-state index >= 15 is 0 Å². The van der Waals surface area contributed by atoms with E-state index in [1.54, 1.807) is 19.5 Å². The molecule has 0 saturated heterocycles. The Morgan fingerprint density at radius 3 is 2.71 bits per heavy atom. The Morgan fingerprint density at radius 1 is 1.18 bits per heavy atom. The van der Waals surface area contributed by atoms with Gasteiger partial charge < -0.3 is 9.30 Å². The molecule has 0 amide bonds. The summed E-state index contributed by atoms with van der Waals surface area (Å²) in [4.78, 5) is 4.75. The maximum atomic E-state index is 12.8. The minimum Gasteiger partial charge on any atom is -0.495 e. The van der Waals surface area contributed by atoms with E-state index in [9.17, 15) is 8.42 Å². The van der Waals surface area contributed by atoms with Gasteiger partial charge in [-0.2, -0.15) is 0 Å². The molecule has 144 valence electrons. The van der Waals surface area contributed by atoms with Gasteiger partial charge in [0, 0.05) is 17.5 Å². The number of aryl methyl sites for hydroxylation is 2. The van der Waals surface area contributed by atoms with Crippen LogP contribution >= 0.6 is 0 Å². The molecule has 0 unspecified atom stereocenters. The number of methoxy groups -OCH3 is 1. The van der Waals surface area contributed by atoms with Crippen LogP contribution in [0.25, 0.3) is 11.8 Å². The monoisotopic (exact) mass is 394 g/mol. The van der Waals surface area contributed by atoms with Gasteiger partial charge in [-0.15, -0.1) is 0 Å². The van der Waals surface area contributed by atoms with Gasteiger partial charge in [0.15, 0.2) is 9.84 Å². The summed E-state index contributed by atoms with van der Waals surface area (Å²) < 4.78 is 33.0. The normalized spacial score (nSPS) is 13.3. The average Bonchev–Trinajstić information content (AvgIpc) is 3.33. The lowest BCUT2D eigenvalue weighted by molar-refractivity contribution is 0.412. The number of aromatic nitrogens is 2. The molecule has 1 aromatic heterocycles. The molecule has 4 rings (SSSR count). The Balaban J connectivity index is 1.51. The molecule has 0 aliphatic heterocycles. The van der Waals surface area contributed by atoms with E-state index < -0.39 is 9.84 Å². The smallest absolute Gasteiger partial charge is 0.175 e. The quantitative estimate of drug-likeness (QED) is 0.639. The molecule has 1 aliphatic rings. The highest BCUT2D eigenvalue weighted by atomic mass is 32.2. The molecule has 2 aromatic carbocycles. The lowest BCUT2D eigenvalue weighted by Crippen LogP contribution is -2.11. The van der Waals surface area contributed by atoms with Crippen molar-refractivity contribution in [3.63, 3.8) is 0 Å². The molecule has 0 atom stereocenters. The van der Waals surface area contributed by atoms with Crippen LogP contribution in [0.1, 0.15) is 22.4 Å². The molecule has 5 nitrogen and oxygen atoms in total. The van der Waals surface area contributed by atoms with Crippen LogP contribution in [-0.2, 0) is 22.7 Å². The highest BCUT2D eigenvalue weighted by Gasteiger charge is 2.23. The lowest BCUT2D eigenvalue weighted by atomic mass is 10.1. The van der Waals surface area contributed by atoms with Crippen LogP contribution in [-0.4, -0.2) is 30.8 Å². The zero-order valence-corrected chi connectivity index (χ0v) is 16.7. The van der Waals surface area contributed by atoms with E-state index in [4.69, 9.17) is 4.74 Å². The summed E-state index contributed by atoms with van der Waals surface area (Å²) in [7, 11) is -1.68. The van der Waals surface area contributed by atoms with Crippen molar-refractivity contribution < 1.29 is 13.2 Å². The second-order valence-electron chi connectivity index (χ2n) is 6.98. The number of ether oxygens (including phenoxy) is 1. The minimum absolute atomic E-state index is 0.0828. The fraction of sp³-hybridized carbons (Fsp3) is 0.227. The van der Waals surface area contributed by atoms with Crippen molar-refractivity contribution >= 4 is 15.9 Å². The fourth-order valence-corrected chi connectivity index (χ4v) is 4.92. The number of sulfone groups is 1. The first-order chi connectivity index (χ1) is 13.5. The molecule has 1 aliphatic carbocycles. The highest BCUT2D eigenvalue weighted by Crippen LogP contribution is 2.29. The second-order valence-corrected chi connectivity index (χ2v) is 9.15. The Morgan fingerprint density at radius 2 is 2.00 bits per heavy atom. The lowest BCUT2D eigenvalue weighted by Gasteiger charge is -2.12. The molecule has 1 heterocycles. The maximum Gasteiger partial charge on any atom is 0.175 e. The summed E-state index contributed by atoms with van der Waals surface area (Å²) in [5.74, 6) is 0.777. The van der Waals surface area contributed by atoms with Gasteiger partial charge in [-0.05, 0) is 48.2 Å². The molecule has 0 fully saturated rings. The van der Waals surface area contributed by atoms with Crippen LogP contribution in [0.3, 0.4) is 0 Å². The SMILES string of the molecule is COc1cc(CCS(=O)(=O)C2=Cc3ccccc3C2)ccc1-n1cnc(C)c1. The molecule has 28 heavy (non-hydrogen) atoms. The van der Waals surface area contributed by atoms with Crippen LogP contribution in [0.15, 0.2) is 59.9 Å². The van der Waals surface area contributed by atoms with Crippen LogP contribution in [0, 0.1) is 6.92 Å². The van der Waals surface area contributed by atoms with Gasteiger partial charge in [-0.25, -0.2) is 13.4 Å². The Bertz CT molecular complexity index is 1160. The predicted molar refractivity (Wildman–Crippen MR) is 110 cm³/mol. The first-order valence-electron chi connectivity index (χ1n) is 9.15. The van der Waals surface area contributed by atoms with E-state index in [1.165, 1.54) is 0 Å². The first-order valence-corrected chi connectivity index (χ1v) is 10.8. The third-order valence-electron chi connectivity index (χ3n) is 5.03. The molecule has 6 heteroatoms. The third-order valence-corrected chi connectivity index (χ3v) is 6.83. The molecular formula is C22H22N2O3S. The van der Waals surface area contributed by atoms with Gasteiger partial charge in [-0.3, -0.25) is 0 Å². The van der Waals surface area contributed by atoms with Crippen LogP contribution in [0.4, 0.5) is 0 Å². The van der Waals surface area contributed by atoms with Crippen molar-refractivity contribution in [3.8, 4) is 11.4 Å². The minimum atomic E-state index is -3.30. The van der Waals surface area contributed by atoms with E-state index in [2.05, 4.69) is 4.98 Å². The van der Waals surface area contributed by atoms with E-state index in [0.29, 0.717) is 23.5 Å². The summed E-state index contributed by atoms with van der Waals surface area (Å²) in [6.45, 7) is 1.93. The van der Waals surface area contributed by atoms with Crippen LogP contribution in [0.5, 0.6) is 5.75 Å². The zero-order valence-electron chi connectivity index (χ0n) is 15.9. The molecular weight excluding hydrogens is 372 g/mol. The molecule has 0 spiro atoms. The number of hydrogen-bond donors (Lipinski definition) is 0. The summed E-state index contributed by atoms with van der Waals surface area (Å²) >= 11 is 0. The van der Waals surface area contributed by atoms with Gasteiger partial charge in [0.2, 0.25) is 0 Å². The summed E-state index contributed by atoms with van der Waals surface area (Å²) in [5.41, 5.74) is 4.80. The van der Waals surface area contributed by atoms with Crippen LogP contribution < -0.4 is 4.74 Å². The Labute approximate surface area is 165 Å². The van der Waals surface area contributed by atoms with Crippen molar-refractivity contribution in [2.45, 2.75) is 19.8 Å². The van der Waals surface area contributed by atoms with Gasteiger partial charge in [0.05, 0.1) is 30.6 Å². The first kappa shape index (κ1) is 18.5. The molecule has 0 bridgehead atoms. The largest absolute Gasteiger partial charge is 0.495 e. The van der Waals surface area contributed by atoms with Crippen molar-refractivity contribution in [3.05, 3.63) is 82.3 Å². The van der Waals surface area contributed by atoms with Gasteiger partial charge in [0.1, 0.15) is 5.75 Å². The van der Waals surface area contributed by atoms with Gasteiger partial charge in [-0.1, -0.05) is 30.3 Å². The van der Waals surface area contributed by atoms with Crippen molar-refractivity contribution in [1.82, 2.24) is 9.55 Å². The number of nitrogens with zero attached hydrogens (tertiary/aromatic N) is 2. The van der Waals surface area contributed by atoms with Crippen LogP contribution in [0.2, 0.25) is 0 Å². The number of rotatable bonds is 6.